The fraction of sp³-hybridized carbons (Fsp3) is 0.538. The molecule has 0 aromatic heterocycles. The number of methoxy groups -OCH3 is 1. The summed E-state index contributed by atoms with van der Waals surface area (Å²) in [6, 6.07) is 0.112. The lowest BCUT2D eigenvalue weighted by Crippen LogP contribution is -2.21. The maximum Gasteiger partial charge on any atom is 0.416 e. The van der Waals surface area contributed by atoms with E-state index >= 15 is 0 Å². The van der Waals surface area contributed by atoms with Gasteiger partial charge in [0.2, 0.25) is 0 Å². The van der Waals surface area contributed by atoms with E-state index in [4.69, 9.17) is 4.74 Å². The molecule has 2 rings (SSSR count). The Bertz CT molecular complexity index is 522. The normalized spacial score (nSPS) is 19.0. The maximum atomic E-state index is 13.1. The first-order valence-electron chi connectivity index (χ1n) is 6.24. The SMILES string of the molecule is COc1cc(C(F)(F)F)cc(C(F)(F)F)c1[C@H]1CCCN1.Cl. The molecule has 0 aliphatic carbocycles. The van der Waals surface area contributed by atoms with Gasteiger partial charge in [0, 0.05) is 11.6 Å². The number of alkyl halides is 6. The van der Waals surface area contributed by atoms with Crippen LogP contribution in [0.5, 0.6) is 5.75 Å². The molecule has 0 radical (unpaired) electrons. The molecule has 1 aliphatic rings. The van der Waals surface area contributed by atoms with Crippen molar-refractivity contribution in [3.05, 3.63) is 28.8 Å². The summed E-state index contributed by atoms with van der Waals surface area (Å²) in [4.78, 5) is 0. The fourth-order valence-corrected chi connectivity index (χ4v) is 2.48. The Hall–Kier alpha value is -1.15. The minimum atomic E-state index is -4.88. The van der Waals surface area contributed by atoms with Gasteiger partial charge in [0.25, 0.3) is 0 Å². The number of hydrogen-bond donors (Lipinski definition) is 1. The van der Waals surface area contributed by atoms with Crippen LogP contribution >= 0.6 is 12.4 Å². The van der Waals surface area contributed by atoms with Crippen molar-refractivity contribution in [3.63, 3.8) is 0 Å². The summed E-state index contributed by atoms with van der Waals surface area (Å²) in [7, 11) is 1.06. The van der Waals surface area contributed by atoms with Crippen LogP contribution in [0.4, 0.5) is 26.3 Å². The summed E-state index contributed by atoms with van der Waals surface area (Å²) in [5.41, 5.74) is -2.92. The van der Waals surface area contributed by atoms with Gasteiger partial charge in [0.1, 0.15) is 5.75 Å². The summed E-state index contributed by atoms with van der Waals surface area (Å²) in [5.74, 6) is -0.392. The Morgan fingerprint density at radius 1 is 1.09 bits per heavy atom. The van der Waals surface area contributed by atoms with Crippen LogP contribution < -0.4 is 10.1 Å². The summed E-state index contributed by atoms with van der Waals surface area (Å²) in [5, 5.41) is 2.86. The molecule has 1 N–H and O–H groups in total. The zero-order valence-corrected chi connectivity index (χ0v) is 12.3. The lowest BCUT2D eigenvalue weighted by atomic mass is 9.95. The van der Waals surface area contributed by atoms with Crippen molar-refractivity contribution >= 4 is 12.4 Å². The monoisotopic (exact) mass is 349 g/mol. The molecular formula is C13H14ClF6NO. The molecule has 9 heteroatoms. The molecule has 1 aromatic rings. The number of rotatable bonds is 2. The Morgan fingerprint density at radius 3 is 2.14 bits per heavy atom. The Labute approximate surface area is 129 Å². The number of ether oxygens (including phenoxy) is 1. The van der Waals surface area contributed by atoms with E-state index in [9.17, 15) is 26.3 Å². The Balaban J connectivity index is 0.00000242. The number of hydrogen-bond acceptors (Lipinski definition) is 2. The summed E-state index contributed by atoms with van der Waals surface area (Å²) in [6.07, 6.45) is -8.67. The summed E-state index contributed by atoms with van der Waals surface area (Å²) >= 11 is 0. The second kappa shape index (κ2) is 6.54. The van der Waals surface area contributed by atoms with E-state index in [1.54, 1.807) is 0 Å². The minimum Gasteiger partial charge on any atom is -0.496 e. The third-order valence-electron chi connectivity index (χ3n) is 3.40. The van der Waals surface area contributed by atoms with Gasteiger partial charge in [0.05, 0.1) is 18.2 Å². The van der Waals surface area contributed by atoms with Gasteiger partial charge in [-0.25, -0.2) is 0 Å². The molecule has 126 valence electrons. The average molecular weight is 350 g/mol. The molecule has 1 heterocycles. The zero-order valence-electron chi connectivity index (χ0n) is 11.4. The van der Waals surface area contributed by atoms with Gasteiger partial charge in [-0.2, -0.15) is 26.3 Å². The fourth-order valence-electron chi connectivity index (χ4n) is 2.48. The molecule has 0 bridgehead atoms. The van der Waals surface area contributed by atoms with Gasteiger partial charge in [0.15, 0.2) is 0 Å². The maximum absolute atomic E-state index is 13.1. The largest absolute Gasteiger partial charge is 0.496 e. The molecule has 1 saturated heterocycles. The molecule has 0 spiro atoms. The van der Waals surface area contributed by atoms with Crippen LogP contribution in [0.2, 0.25) is 0 Å². The van der Waals surface area contributed by atoms with Crippen LogP contribution in [0.15, 0.2) is 12.1 Å². The van der Waals surface area contributed by atoms with E-state index in [1.807, 2.05) is 0 Å². The lowest BCUT2D eigenvalue weighted by molar-refractivity contribution is -0.143. The highest BCUT2D eigenvalue weighted by atomic mass is 35.5. The van der Waals surface area contributed by atoms with Gasteiger partial charge in [-0.1, -0.05) is 0 Å². The lowest BCUT2D eigenvalue weighted by Gasteiger charge is -2.23. The van der Waals surface area contributed by atoms with Crippen molar-refractivity contribution in [2.45, 2.75) is 31.2 Å². The average Bonchev–Trinajstić information content (AvgIpc) is 2.88. The molecule has 0 amide bonds. The topological polar surface area (TPSA) is 21.3 Å². The highest BCUT2D eigenvalue weighted by Crippen LogP contribution is 2.45. The molecule has 1 aliphatic heterocycles. The number of benzene rings is 1. The first-order chi connectivity index (χ1) is 9.64. The molecule has 1 atom stereocenters. The van der Waals surface area contributed by atoms with Crippen LogP contribution in [0.1, 0.15) is 35.6 Å². The van der Waals surface area contributed by atoms with Crippen molar-refractivity contribution in [3.8, 4) is 5.75 Å². The molecule has 1 aromatic carbocycles. The highest BCUT2D eigenvalue weighted by Gasteiger charge is 2.41. The van der Waals surface area contributed by atoms with E-state index in [0.29, 0.717) is 25.5 Å². The van der Waals surface area contributed by atoms with Crippen LogP contribution in [0.3, 0.4) is 0 Å². The van der Waals surface area contributed by atoms with E-state index < -0.39 is 35.3 Å². The van der Waals surface area contributed by atoms with Crippen LogP contribution in [-0.4, -0.2) is 13.7 Å². The van der Waals surface area contributed by atoms with Gasteiger partial charge >= 0.3 is 12.4 Å². The van der Waals surface area contributed by atoms with Crippen molar-refractivity contribution < 1.29 is 31.1 Å². The molecule has 1 fully saturated rings. The summed E-state index contributed by atoms with van der Waals surface area (Å²) < 4.78 is 82.4. The van der Waals surface area contributed by atoms with E-state index in [1.165, 1.54) is 0 Å². The smallest absolute Gasteiger partial charge is 0.416 e. The zero-order chi connectivity index (χ0) is 15.8. The van der Waals surface area contributed by atoms with E-state index in [2.05, 4.69) is 5.32 Å². The molecule has 2 nitrogen and oxygen atoms in total. The van der Waals surface area contributed by atoms with Crippen LogP contribution in [-0.2, 0) is 12.4 Å². The van der Waals surface area contributed by atoms with Crippen molar-refractivity contribution in [1.82, 2.24) is 5.32 Å². The number of nitrogens with one attached hydrogen (secondary N) is 1. The molecule has 22 heavy (non-hydrogen) atoms. The van der Waals surface area contributed by atoms with Crippen molar-refractivity contribution in [1.29, 1.82) is 0 Å². The minimum absolute atomic E-state index is 0. The van der Waals surface area contributed by atoms with Crippen LogP contribution in [0, 0.1) is 0 Å². The first kappa shape index (κ1) is 18.9. The predicted octanol–water partition coefficient (Wildman–Crippen LogP) is 4.58. The Morgan fingerprint density at radius 2 is 1.73 bits per heavy atom. The van der Waals surface area contributed by atoms with Crippen molar-refractivity contribution in [2.75, 3.05) is 13.7 Å². The second-order valence-electron chi connectivity index (χ2n) is 4.78. The third-order valence-corrected chi connectivity index (χ3v) is 3.40. The Kier molecular flexibility index (Phi) is 5.61. The molecular weight excluding hydrogens is 336 g/mol. The van der Waals surface area contributed by atoms with Gasteiger partial charge in [-0.3, -0.25) is 0 Å². The van der Waals surface area contributed by atoms with Crippen LogP contribution in [0.25, 0.3) is 0 Å². The first-order valence-corrected chi connectivity index (χ1v) is 6.24. The van der Waals surface area contributed by atoms with E-state index in [-0.39, 0.29) is 24.0 Å². The van der Waals surface area contributed by atoms with Gasteiger partial charge < -0.3 is 10.1 Å². The van der Waals surface area contributed by atoms with Gasteiger partial charge in [-0.15, -0.1) is 12.4 Å². The second-order valence-corrected chi connectivity index (χ2v) is 4.78. The quantitative estimate of drug-likeness (QED) is 0.789. The third kappa shape index (κ3) is 3.78. The van der Waals surface area contributed by atoms with Gasteiger partial charge in [-0.05, 0) is 31.5 Å². The van der Waals surface area contributed by atoms with E-state index in [0.717, 1.165) is 7.11 Å². The summed E-state index contributed by atoms with van der Waals surface area (Å²) in [6.45, 7) is 0.520. The molecule has 0 unspecified atom stereocenters. The standard InChI is InChI=1S/C13H13F6NO.ClH/c1-21-10-6-7(12(14,15)16)5-8(13(17,18)19)11(10)9-3-2-4-20-9;/h5-6,9,20H,2-4H2,1H3;1H/t9-;/m1./s1. The highest BCUT2D eigenvalue weighted by molar-refractivity contribution is 5.85. The molecule has 0 saturated carbocycles. The van der Waals surface area contributed by atoms with Crippen molar-refractivity contribution in [2.24, 2.45) is 0 Å². The number of halogens is 7. The predicted molar refractivity (Wildman–Crippen MR) is 70.2 cm³/mol.